The van der Waals surface area contributed by atoms with Crippen LogP contribution in [0.25, 0.3) is 0 Å². The van der Waals surface area contributed by atoms with Crippen LogP contribution in [0.15, 0.2) is 11.5 Å². The van der Waals surface area contributed by atoms with E-state index in [0.29, 0.717) is 0 Å². The zero-order valence-corrected chi connectivity index (χ0v) is 8.60. The number of halogens is 1. The van der Waals surface area contributed by atoms with Crippen LogP contribution in [0.5, 0.6) is 0 Å². The van der Waals surface area contributed by atoms with Crippen molar-refractivity contribution in [3.8, 4) is 0 Å². The van der Waals surface area contributed by atoms with Crippen molar-refractivity contribution in [1.29, 1.82) is 0 Å². The van der Waals surface area contributed by atoms with Gasteiger partial charge in [0, 0.05) is 12.8 Å². The van der Waals surface area contributed by atoms with Gasteiger partial charge in [-0.05, 0) is 18.4 Å². The molecule has 78 valence electrons. The monoisotopic (exact) mass is 218 g/mol. The highest BCUT2D eigenvalue weighted by Crippen LogP contribution is 2.38. The van der Waals surface area contributed by atoms with E-state index < -0.39 is 16.8 Å². The quantitative estimate of drug-likeness (QED) is 0.675. The summed E-state index contributed by atoms with van der Waals surface area (Å²) in [6, 6.07) is 0. The van der Waals surface area contributed by atoms with E-state index in [1.807, 2.05) is 0 Å². The van der Waals surface area contributed by atoms with E-state index in [1.165, 1.54) is 11.5 Å². The summed E-state index contributed by atoms with van der Waals surface area (Å²) in [6.45, 7) is 1.96. The average molecular weight is 218 g/mol. The minimum absolute atomic E-state index is 0.0647. The van der Waals surface area contributed by atoms with E-state index in [-0.39, 0.29) is 19.4 Å². The first-order valence-corrected chi connectivity index (χ1v) is 5.20. The molecule has 0 radical (unpaired) electrons. The van der Waals surface area contributed by atoms with Crippen molar-refractivity contribution in [3.63, 3.8) is 0 Å². The highest BCUT2D eigenvalue weighted by molar-refractivity contribution is 8.04. The molecule has 3 nitrogen and oxygen atoms in total. The molecule has 0 aromatic carbocycles. The lowest BCUT2D eigenvalue weighted by Gasteiger charge is -2.15. The van der Waals surface area contributed by atoms with Crippen LogP contribution in [0, 0.1) is 0 Å². The predicted molar refractivity (Wildman–Crippen MR) is 51.4 cm³/mol. The van der Waals surface area contributed by atoms with Crippen LogP contribution in [-0.2, 0) is 14.3 Å². The van der Waals surface area contributed by atoms with Crippen LogP contribution < -0.4 is 0 Å². The van der Waals surface area contributed by atoms with Crippen molar-refractivity contribution in [2.24, 2.45) is 0 Å². The Hall–Kier alpha value is -0.840. The molecule has 0 aromatic heterocycles. The van der Waals surface area contributed by atoms with Gasteiger partial charge in [0.15, 0.2) is 0 Å². The predicted octanol–water partition coefficient (Wildman–Crippen LogP) is 1.83. The Morgan fingerprint density at radius 2 is 2.43 bits per heavy atom. The maximum Gasteiger partial charge on any atom is 0.305 e. The summed E-state index contributed by atoms with van der Waals surface area (Å²) >= 11 is 0.808. The average Bonchev–Trinajstić information content (AvgIpc) is 2.46. The smallest absolute Gasteiger partial charge is 0.305 e. The number of allylic oxidation sites excluding steroid dienone is 1. The largest absolute Gasteiger partial charge is 0.466 e. The van der Waals surface area contributed by atoms with Gasteiger partial charge in [-0.15, -0.1) is 0 Å². The molecule has 0 N–H and O–H groups in total. The topological polar surface area (TPSA) is 43.4 Å². The second-order valence-electron chi connectivity index (χ2n) is 2.82. The van der Waals surface area contributed by atoms with Gasteiger partial charge >= 0.3 is 5.97 Å². The number of esters is 1. The third kappa shape index (κ3) is 2.57. The van der Waals surface area contributed by atoms with Gasteiger partial charge < -0.3 is 4.74 Å². The SMILES string of the molecule is CCOC(=O)CCC1(F)SC=CC1=O. The van der Waals surface area contributed by atoms with E-state index in [4.69, 9.17) is 0 Å². The molecule has 0 spiro atoms. The molecule has 0 saturated carbocycles. The van der Waals surface area contributed by atoms with Gasteiger partial charge in [-0.1, -0.05) is 11.8 Å². The fraction of sp³-hybridized carbons (Fsp3) is 0.556. The zero-order chi connectivity index (χ0) is 10.6. The minimum Gasteiger partial charge on any atom is -0.466 e. The number of hydrogen-bond donors (Lipinski definition) is 0. The summed E-state index contributed by atoms with van der Waals surface area (Å²) in [4.78, 5) is 22.0. The first-order valence-electron chi connectivity index (χ1n) is 4.32. The Morgan fingerprint density at radius 3 is 2.93 bits per heavy atom. The molecule has 0 saturated heterocycles. The van der Waals surface area contributed by atoms with E-state index in [2.05, 4.69) is 4.74 Å². The molecule has 1 aliphatic rings. The van der Waals surface area contributed by atoms with Crippen molar-refractivity contribution in [2.45, 2.75) is 24.8 Å². The molecule has 0 aliphatic carbocycles. The minimum atomic E-state index is -1.95. The molecule has 1 aliphatic heterocycles. The van der Waals surface area contributed by atoms with Crippen LogP contribution >= 0.6 is 11.8 Å². The molecule has 0 fully saturated rings. The number of ketones is 1. The van der Waals surface area contributed by atoms with Crippen molar-refractivity contribution < 1.29 is 18.7 Å². The number of carbonyl (C=O) groups is 2. The lowest BCUT2D eigenvalue weighted by atomic mass is 10.1. The van der Waals surface area contributed by atoms with Crippen molar-refractivity contribution in [2.75, 3.05) is 6.61 Å². The second-order valence-corrected chi connectivity index (χ2v) is 3.97. The van der Waals surface area contributed by atoms with Crippen molar-refractivity contribution in [1.82, 2.24) is 0 Å². The molecule has 0 aromatic rings. The Bertz CT molecular complexity index is 277. The first kappa shape index (κ1) is 11.2. The maximum absolute atomic E-state index is 13.6. The molecule has 1 atom stereocenters. The normalized spacial score (nSPS) is 25.4. The van der Waals surface area contributed by atoms with Gasteiger partial charge in [0.05, 0.1) is 6.61 Å². The molecular formula is C9H11FO3S. The van der Waals surface area contributed by atoms with E-state index >= 15 is 0 Å². The Labute approximate surface area is 85.7 Å². The molecule has 1 unspecified atom stereocenters. The Kier molecular flexibility index (Phi) is 3.69. The Balaban J connectivity index is 2.38. The summed E-state index contributed by atoms with van der Waals surface area (Å²) < 4.78 is 18.3. The van der Waals surface area contributed by atoms with Gasteiger partial charge in [0.25, 0.3) is 0 Å². The number of hydrogen-bond acceptors (Lipinski definition) is 4. The highest BCUT2D eigenvalue weighted by Gasteiger charge is 2.40. The lowest BCUT2D eigenvalue weighted by molar-refractivity contribution is -0.143. The Morgan fingerprint density at radius 1 is 1.71 bits per heavy atom. The molecule has 5 heteroatoms. The molecule has 14 heavy (non-hydrogen) atoms. The summed E-state index contributed by atoms with van der Waals surface area (Å²) in [5, 5.41) is -0.541. The van der Waals surface area contributed by atoms with Gasteiger partial charge in [-0.3, -0.25) is 9.59 Å². The van der Waals surface area contributed by atoms with Gasteiger partial charge in [-0.2, -0.15) is 0 Å². The fourth-order valence-electron chi connectivity index (χ4n) is 1.06. The number of thioether (sulfide) groups is 1. The van der Waals surface area contributed by atoms with E-state index in [9.17, 15) is 14.0 Å². The molecule has 1 rings (SSSR count). The van der Waals surface area contributed by atoms with Gasteiger partial charge in [-0.25, -0.2) is 4.39 Å². The number of alkyl halides is 1. The third-order valence-corrected chi connectivity index (χ3v) is 2.85. The third-order valence-electron chi connectivity index (χ3n) is 1.80. The molecule has 1 heterocycles. The second kappa shape index (κ2) is 4.59. The maximum atomic E-state index is 13.6. The van der Waals surface area contributed by atoms with Crippen LogP contribution in [0.4, 0.5) is 4.39 Å². The summed E-state index contributed by atoms with van der Waals surface area (Å²) in [7, 11) is 0. The van der Waals surface area contributed by atoms with Gasteiger partial charge in [0.2, 0.25) is 10.8 Å². The summed E-state index contributed by atoms with van der Waals surface area (Å²) in [5.74, 6) is -1.04. The first-order chi connectivity index (χ1) is 6.58. The van der Waals surface area contributed by atoms with Crippen LogP contribution in [0.3, 0.4) is 0 Å². The number of rotatable bonds is 4. The summed E-state index contributed by atoms with van der Waals surface area (Å²) in [6.07, 6.45) is 1.00. The van der Waals surface area contributed by atoms with Crippen molar-refractivity contribution >= 4 is 23.5 Å². The van der Waals surface area contributed by atoms with Gasteiger partial charge in [0.1, 0.15) is 0 Å². The van der Waals surface area contributed by atoms with E-state index in [1.54, 1.807) is 6.92 Å². The highest BCUT2D eigenvalue weighted by atomic mass is 32.2. The van der Waals surface area contributed by atoms with E-state index in [0.717, 1.165) is 11.8 Å². The molecule has 0 amide bonds. The zero-order valence-electron chi connectivity index (χ0n) is 7.79. The number of ether oxygens (including phenoxy) is 1. The fourth-order valence-corrected chi connectivity index (χ4v) is 1.88. The van der Waals surface area contributed by atoms with Crippen LogP contribution in [0.2, 0.25) is 0 Å². The van der Waals surface area contributed by atoms with Crippen LogP contribution in [0.1, 0.15) is 19.8 Å². The molecule has 0 bridgehead atoms. The lowest BCUT2D eigenvalue weighted by Crippen LogP contribution is -2.26. The summed E-state index contributed by atoms with van der Waals surface area (Å²) in [5.41, 5.74) is 0. The molecular weight excluding hydrogens is 207 g/mol. The van der Waals surface area contributed by atoms with Crippen molar-refractivity contribution in [3.05, 3.63) is 11.5 Å². The number of carbonyl (C=O) groups excluding carboxylic acids is 2. The standard InChI is InChI=1S/C9H11FO3S/c1-2-13-8(12)3-5-9(10)7(11)4-6-14-9/h4,6H,2-3,5H2,1H3. The van der Waals surface area contributed by atoms with Crippen LogP contribution in [-0.4, -0.2) is 23.4 Å².